The van der Waals surface area contributed by atoms with E-state index in [-0.39, 0.29) is 23.6 Å². The van der Waals surface area contributed by atoms with Crippen LogP contribution in [-0.2, 0) is 22.6 Å². The first-order valence-corrected chi connectivity index (χ1v) is 9.90. The van der Waals surface area contributed by atoms with Crippen molar-refractivity contribution in [2.45, 2.75) is 71.9 Å². The number of rotatable bonds is 9. The zero-order chi connectivity index (χ0) is 20.1. The second-order valence-corrected chi connectivity index (χ2v) is 7.04. The number of aromatic nitrogens is 6. The summed E-state index contributed by atoms with van der Waals surface area (Å²) in [5.41, 5.74) is 0.257. The van der Waals surface area contributed by atoms with Gasteiger partial charge < -0.3 is 14.8 Å². The summed E-state index contributed by atoms with van der Waals surface area (Å²) in [7, 11) is 0. The molecule has 1 N–H and O–H groups in total. The van der Waals surface area contributed by atoms with Crippen LogP contribution in [0.5, 0.6) is 0 Å². The van der Waals surface area contributed by atoms with Crippen LogP contribution in [0.1, 0.15) is 74.6 Å². The van der Waals surface area contributed by atoms with Crippen molar-refractivity contribution in [3.8, 4) is 0 Å². The standard InChI is InChI=1S/C18H29N7O3/c1-5-27-15(28-6-2)11-24-10-14(21-23-24)18(26)19-13-8-7-9-25-17(13)20-16(22-25)12(3)4/h10,12-13,15H,5-9,11H2,1-4H3,(H,19,26). The number of fused-ring (bicyclic) bond motifs is 1. The van der Waals surface area contributed by atoms with Crippen molar-refractivity contribution in [1.82, 2.24) is 35.1 Å². The Bertz CT molecular complexity index is 780. The van der Waals surface area contributed by atoms with E-state index in [0.717, 1.165) is 31.0 Å². The van der Waals surface area contributed by atoms with Crippen LogP contribution >= 0.6 is 0 Å². The van der Waals surface area contributed by atoms with Crippen molar-refractivity contribution in [3.05, 3.63) is 23.5 Å². The summed E-state index contributed by atoms with van der Waals surface area (Å²) in [5, 5.41) is 15.6. The molecule has 2 aromatic heterocycles. The summed E-state index contributed by atoms with van der Waals surface area (Å²) in [4.78, 5) is 17.3. The molecular formula is C18H29N7O3. The minimum Gasteiger partial charge on any atom is -0.351 e. The molecule has 1 atom stereocenters. The van der Waals surface area contributed by atoms with E-state index < -0.39 is 6.29 Å². The summed E-state index contributed by atoms with van der Waals surface area (Å²) in [6, 6.07) is -0.175. The first kappa shape index (κ1) is 20.4. The molecule has 0 aliphatic carbocycles. The molecule has 0 saturated carbocycles. The lowest BCUT2D eigenvalue weighted by atomic mass is 10.1. The fraction of sp³-hybridized carbons (Fsp3) is 0.722. The van der Waals surface area contributed by atoms with Crippen LogP contribution in [0.25, 0.3) is 0 Å². The number of carbonyl (C=O) groups is 1. The first-order chi connectivity index (χ1) is 13.5. The van der Waals surface area contributed by atoms with E-state index in [4.69, 9.17) is 9.47 Å². The van der Waals surface area contributed by atoms with E-state index in [2.05, 4.69) is 39.6 Å². The van der Waals surface area contributed by atoms with Crippen LogP contribution in [-0.4, -0.2) is 55.2 Å². The summed E-state index contributed by atoms with van der Waals surface area (Å²) < 4.78 is 14.5. The van der Waals surface area contributed by atoms with Gasteiger partial charge in [-0.1, -0.05) is 19.1 Å². The molecule has 0 radical (unpaired) electrons. The number of hydrogen-bond donors (Lipinski definition) is 1. The first-order valence-electron chi connectivity index (χ1n) is 9.90. The topological polar surface area (TPSA) is 109 Å². The highest BCUT2D eigenvalue weighted by atomic mass is 16.7. The molecule has 3 heterocycles. The molecule has 1 unspecified atom stereocenters. The van der Waals surface area contributed by atoms with Crippen LogP contribution in [0.4, 0.5) is 0 Å². The molecule has 0 spiro atoms. The van der Waals surface area contributed by atoms with Crippen molar-refractivity contribution in [2.75, 3.05) is 13.2 Å². The van der Waals surface area contributed by atoms with Gasteiger partial charge in [0.25, 0.3) is 5.91 Å². The maximum atomic E-state index is 12.7. The summed E-state index contributed by atoms with van der Waals surface area (Å²) >= 11 is 0. The predicted molar refractivity (Wildman–Crippen MR) is 101 cm³/mol. The third-order valence-corrected chi connectivity index (χ3v) is 4.53. The lowest BCUT2D eigenvalue weighted by Gasteiger charge is -2.22. The van der Waals surface area contributed by atoms with Gasteiger partial charge in [0.1, 0.15) is 5.82 Å². The number of hydrogen-bond acceptors (Lipinski definition) is 7. The Labute approximate surface area is 164 Å². The van der Waals surface area contributed by atoms with E-state index in [1.54, 1.807) is 10.9 Å². The van der Waals surface area contributed by atoms with Gasteiger partial charge in [-0.25, -0.2) is 14.3 Å². The maximum Gasteiger partial charge on any atom is 0.274 e. The largest absolute Gasteiger partial charge is 0.351 e. The average molecular weight is 391 g/mol. The minimum atomic E-state index is -0.418. The number of amides is 1. The fourth-order valence-electron chi connectivity index (χ4n) is 3.15. The van der Waals surface area contributed by atoms with Gasteiger partial charge in [0, 0.05) is 25.7 Å². The van der Waals surface area contributed by atoms with Gasteiger partial charge in [-0.3, -0.25) is 4.79 Å². The van der Waals surface area contributed by atoms with E-state index >= 15 is 0 Å². The van der Waals surface area contributed by atoms with E-state index in [1.807, 2.05) is 18.5 Å². The molecule has 3 rings (SSSR count). The lowest BCUT2D eigenvalue weighted by Crippen LogP contribution is -2.33. The van der Waals surface area contributed by atoms with Gasteiger partial charge in [-0.15, -0.1) is 5.10 Å². The smallest absolute Gasteiger partial charge is 0.274 e. The fourth-order valence-corrected chi connectivity index (χ4v) is 3.15. The van der Waals surface area contributed by atoms with Crippen molar-refractivity contribution in [1.29, 1.82) is 0 Å². The van der Waals surface area contributed by atoms with Crippen molar-refractivity contribution in [2.24, 2.45) is 0 Å². The second-order valence-electron chi connectivity index (χ2n) is 7.04. The van der Waals surface area contributed by atoms with Gasteiger partial charge >= 0.3 is 0 Å². The molecule has 0 saturated heterocycles. The molecule has 0 fully saturated rings. The third-order valence-electron chi connectivity index (χ3n) is 4.53. The van der Waals surface area contributed by atoms with Crippen LogP contribution in [0, 0.1) is 0 Å². The molecule has 28 heavy (non-hydrogen) atoms. The Balaban J connectivity index is 1.65. The Hall–Kier alpha value is -2.33. The Morgan fingerprint density at radius 3 is 2.75 bits per heavy atom. The predicted octanol–water partition coefficient (Wildman–Crippen LogP) is 1.66. The van der Waals surface area contributed by atoms with Gasteiger partial charge in [0.05, 0.1) is 18.8 Å². The number of ether oxygens (including phenoxy) is 2. The van der Waals surface area contributed by atoms with Crippen molar-refractivity contribution in [3.63, 3.8) is 0 Å². The van der Waals surface area contributed by atoms with Gasteiger partial charge in [0.15, 0.2) is 17.8 Å². The monoisotopic (exact) mass is 391 g/mol. The maximum absolute atomic E-state index is 12.7. The van der Waals surface area contributed by atoms with E-state index in [0.29, 0.717) is 19.8 Å². The summed E-state index contributed by atoms with van der Waals surface area (Å²) in [5.74, 6) is 1.59. The van der Waals surface area contributed by atoms with Crippen LogP contribution < -0.4 is 5.32 Å². The third kappa shape index (κ3) is 4.74. The molecule has 1 aliphatic rings. The molecule has 0 bridgehead atoms. The Morgan fingerprint density at radius 1 is 1.32 bits per heavy atom. The van der Waals surface area contributed by atoms with Crippen molar-refractivity contribution < 1.29 is 14.3 Å². The normalized spacial score (nSPS) is 16.6. The number of nitrogens with one attached hydrogen (secondary N) is 1. The molecule has 10 heteroatoms. The number of nitrogens with zero attached hydrogens (tertiary/aromatic N) is 6. The molecule has 1 amide bonds. The second kappa shape index (κ2) is 9.24. The number of aryl methyl sites for hydroxylation is 1. The van der Waals surface area contributed by atoms with E-state index in [1.165, 1.54) is 0 Å². The highest BCUT2D eigenvalue weighted by Gasteiger charge is 2.27. The van der Waals surface area contributed by atoms with Crippen molar-refractivity contribution >= 4 is 5.91 Å². The van der Waals surface area contributed by atoms with Gasteiger partial charge in [-0.05, 0) is 26.7 Å². The Morgan fingerprint density at radius 2 is 2.07 bits per heavy atom. The molecule has 2 aromatic rings. The van der Waals surface area contributed by atoms with Crippen LogP contribution in [0.2, 0.25) is 0 Å². The highest BCUT2D eigenvalue weighted by molar-refractivity contribution is 5.92. The SMILES string of the molecule is CCOC(Cn1cc(C(=O)NC2CCCn3nc(C(C)C)nc32)nn1)OCC. The minimum absolute atomic E-state index is 0.175. The lowest BCUT2D eigenvalue weighted by molar-refractivity contribution is -0.145. The van der Waals surface area contributed by atoms with Gasteiger partial charge in [-0.2, -0.15) is 5.10 Å². The zero-order valence-corrected chi connectivity index (χ0v) is 17.0. The molecular weight excluding hydrogens is 362 g/mol. The summed E-state index contributed by atoms with van der Waals surface area (Å²) in [6.45, 7) is 10.2. The highest BCUT2D eigenvalue weighted by Crippen LogP contribution is 2.25. The Kier molecular flexibility index (Phi) is 6.74. The van der Waals surface area contributed by atoms with Gasteiger partial charge in [0.2, 0.25) is 0 Å². The molecule has 0 aromatic carbocycles. The van der Waals surface area contributed by atoms with Crippen LogP contribution in [0.15, 0.2) is 6.20 Å². The number of carbonyl (C=O) groups excluding carboxylic acids is 1. The molecule has 1 aliphatic heterocycles. The van der Waals surface area contributed by atoms with E-state index in [9.17, 15) is 4.79 Å². The molecule has 10 nitrogen and oxygen atoms in total. The molecule has 154 valence electrons. The van der Waals surface area contributed by atoms with Crippen LogP contribution in [0.3, 0.4) is 0 Å². The quantitative estimate of drug-likeness (QED) is 0.647. The summed E-state index contributed by atoms with van der Waals surface area (Å²) in [6.07, 6.45) is 2.95. The average Bonchev–Trinajstić information content (AvgIpc) is 3.29. The zero-order valence-electron chi connectivity index (χ0n) is 17.0.